The number of aryl methyl sites for hydroxylation is 1. The number of anilines is 1. The quantitative estimate of drug-likeness (QED) is 0.758. The summed E-state index contributed by atoms with van der Waals surface area (Å²) in [6.45, 7) is 6.56. The van der Waals surface area contributed by atoms with Crippen LogP contribution in [-0.2, 0) is 19.4 Å². The normalized spacial score (nSPS) is 11.0. The highest BCUT2D eigenvalue weighted by Crippen LogP contribution is 2.20. The van der Waals surface area contributed by atoms with Gasteiger partial charge in [-0.15, -0.1) is 5.10 Å². The van der Waals surface area contributed by atoms with Crippen molar-refractivity contribution >= 4 is 5.82 Å². The molecular formula is C13H25N5. The van der Waals surface area contributed by atoms with Gasteiger partial charge in [-0.1, -0.05) is 13.8 Å². The van der Waals surface area contributed by atoms with Gasteiger partial charge in [-0.3, -0.25) is 0 Å². The van der Waals surface area contributed by atoms with Gasteiger partial charge in [0.05, 0.1) is 5.69 Å². The van der Waals surface area contributed by atoms with Crippen LogP contribution in [-0.4, -0.2) is 42.3 Å². The molecule has 0 fully saturated rings. The highest BCUT2D eigenvalue weighted by Gasteiger charge is 2.12. The van der Waals surface area contributed by atoms with Crippen molar-refractivity contribution in [3.05, 3.63) is 16.8 Å². The van der Waals surface area contributed by atoms with Crippen LogP contribution in [0, 0.1) is 0 Å². The lowest BCUT2D eigenvalue weighted by Gasteiger charge is -2.16. The minimum atomic E-state index is 0.510. The van der Waals surface area contributed by atoms with E-state index in [0.29, 0.717) is 6.54 Å². The minimum absolute atomic E-state index is 0.510. The molecule has 3 N–H and O–H groups in total. The molecule has 5 nitrogen and oxygen atoms in total. The first-order chi connectivity index (χ1) is 8.63. The van der Waals surface area contributed by atoms with Crippen LogP contribution in [0.4, 0.5) is 5.82 Å². The highest BCUT2D eigenvalue weighted by atomic mass is 15.2. The Morgan fingerprint density at radius 2 is 1.83 bits per heavy atom. The molecule has 0 saturated carbocycles. The van der Waals surface area contributed by atoms with Crippen molar-refractivity contribution in [1.29, 1.82) is 0 Å². The predicted octanol–water partition coefficient (Wildman–Crippen LogP) is 1.03. The first kappa shape index (κ1) is 14.9. The van der Waals surface area contributed by atoms with Crippen LogP contribution in [0.15, 0.2) is 0 Å². The number of nitrogens with two attached hydrogens (primary N) is 1. The molecule has 18 heavy (non-hydrogen) atoms. The van der Waals surface area contributed by atoms with E-state index in [1.54, 1.807) is 0 Å². The van der Waals surface area contributed by atoms with Gasteiger partial charge in [-0.2, -0.15) is 5.10 Å². The molecule has 1 aromatic rings. The average molecular weight is 251 g/mol. The van der Waals surface area contributed by atoms with E-state index in [1.807, 2.05) is 0 Å². The molecule has 0 aliphatic carbocycles. The Balaban J connectivity index is 2.91. The summed E-state index contributed by atoms with van der Waals surface area (Å²) in [5.74, 6) is 0.841. The molecule has 1 aromatic heterocycles. The number of hydrogen-bond donors (Lipinski definition) is 2. The molecule has 0 unspecified atom stereocenters. The second-order valence-corrected chi connectivity index (χ2v) is 4.59. The number of nitrogens with one attached hydrogen (secondary N) is 1. The Hall–Kier alpha value is -1.20. The van der Waals surface area contributed by atoms with Crippen LogP contribution >= 0.6 is 0 Å². The predicted molar refractivity (Wildman–Crippen MR) is 75.7 cm³/mol. The van der Waals surface area contributed by atoms with Crippen LogP contribution in [0.5, 0.6) is 0 Å². The summed E-state index contributed by atoms with van der Waals surface area (Å²) in [7, 11) is 4.10. The van der Waals surface area contributed by atoms with E-state index in [0.717, 1.165) is 43.0 Å². The SMILES string of the molecule is CCc1nnc(NCCN(C)C)c(CN)c1CC. The molecule has 0 radical (unpaired) electrons. The standard InChI is InChI=1S/C13H25N5/c1-5-10-11(9-14)13(15-7-8-18(3)4)17-16-12(10)6-2/h5-9,14H2,1-4H3,(H,15,17). The van der Waals surface area contributed by atoms with E-state index < -0.39 is 0 Å². The molecule has 1 rings (SSSR count). The largest absolute Gasteiger partial charge is 0.367 e. The van der Waals surface area contributed by atoms with Crippen molar-refractivity contribution in [2.45, 2.75) is 33.2 Å². The maximum absolute atomic E-state index is 5.86. The van der Waals surface area contributed by atoms with E-state index in [-0.39, 0.29) is 0 Å². The van der Waals surface area contributed by atoms with Crippen LogP contribution in [0.1, 0.15) is 30.7 Å². The van der Waals surface area contributed by atoms with Gasteiger partial charge in [0.1, 0.15) is 0 Å². The van der Waals surface area contributed by atoms with Crippen molar-refractivity contribution < 1.29 is 0 Å². The number of nitrogens with zero attached hydrogens (tertiary/aromatic N) is 3. The zero-order valence-corrected chi connectivity index (χ0v) is 12.0. The molecular weight excluding hydrogens is 226 g/mol. The molecule has 0 aliphatic heterocycles. The van der Waals surface area contributed by atoms with Crippen LogP contribution < -0.4 is 11.1 Å². The molecule has 1 heterocycles. The third-order valence-corrected chi connectivity index (χ3v) is 3.01. The van der Waals surface area contributed by atoms with Crippen molar-refractivity contribution in [2.24, 2.45) is 5.73 Å². The number of aromatic nitrogens is 2. The first-order valence-corrected chi connectivity index (χ1v) is 6.59. The van der Waals surface area contributed by atoms with Crippen LogP contribution in [0.3, 0.4) is 0 Å². The van der Waals surface area contributed by atoms with Gasteiger partial charge in [-0.05, 0) is 32.5 Å². The van der Waals surface area contributed by atoms with E-state index in [2.05, 4.69) is 48.4 Å². The molecule has 0 atom stereocenters. The Morgan fingerprint density at radius 3 is 2.33 bits per heavy atom. The smallest absolute Gasteiger partial charge is 0.153 e. The maximum Gasteiger partial charge on any atom is 0.153 e. The topological polar surface area (TPSA) is 67.1 Å². The molecule has 0 aromatic carbocycles. The molecule has 102 valence electrons. The Bertz CT molecular complexity index is 376. The lowest BCUT2D eigenvalue weighted by atomic mass is 10.0. The minimum Gasteiger partial charge on any atom is -0.367 e. The summed E-state index contributed by atoms with van der Waals surface area (Å²) in [6.07, 6.45) is 1.86. The second-order valence-electron chi connectivity index (χ2n) is 4.59. The van der Waals surface area contributed by atoms with Crippen LogP contribution in [0.25, 0.3) is 0 Å². The lowest BCUT2D eigenvalue weighted by molar-refractivity contribution is 0.425. The summed E-state index contributed by atoms with van der Waals surface area (Å²) in [4.78, 5) is 2.13. The summed E-state index contributed by atoms with van der Waals surface area (Å²) < 4.78 is 0. The average Bonchev–Trinajstić information content (AvgIpc) is 2.37. The van der Waals surface area contributed by atoms with Gasteiger partial charge in [0, 0.05) is 25.2 Å². The summed E-state index contributed by atoms with van der Waals surface area (Å²) in [5, 5.41) is 11.9. The molecule has 0 aliphatic rings. The van der Waals surface area contributed by atoms with Gasteiger partial charge in [-0.25, -0.2) is 0 Å². The van der Waals surface area contributed by atoms with E-state index in [9.17, 15) is 0 Å². The van der Waals surface area contributed by atoms with Crippen molar-refractivity contribution in [1.82, 2.24) is 15.1 Å². The van der Waals surface area contributed by atoms with Crippen molar-refractivity contribution in [3.8, 4) is 0 Å². The third-order valence-electron chi connectivity index (χ3n) is 3.01. The molecule has 0 bridgehead atoms. The molecule has 0 amide bonds. The fourth-order valence-electron chi connectivity index (χ4n) is 2.01. The van der Waals surface area contributed by atoms with Crippen molar-refractivity contribution in [3.63, 3.8) is 0 Å². The fraction of sp³-hybridized carbons (Fsp3) is 0.692. The highest BCUT2D eigenvalue weighted by molar-refractivity contribution is 5.49. The van der Waals surface area contributed by atoms with E-state index in [4.69, 9.17) is 5.73 Å². The summed E-state index contributed by atoms with van der Waals surface area (Å²) in [5.41, 5.74) is 9.30. The number of hydrogen-bond acceptors (Lipinski definition) is 5. The van der Waals surface area contributed by atoms with E-state index >= 15 is 0 Å². The van der Waals surface area contributed by atoms with Gasteiger partial charge in [0.25, 0.3) is 0 Å². The second kappa shape index (κ2) is 7.28. The van der Waals surface area contributed by atoms with Gasteiger partial charge < -0.3 is 16.0 Å². The van der Waals surface area contributed by atoms with Crippen LogP contribution in [0.2, 0.25) is 0 Å². The Labute approximate surface area is 110 Å². The maximum atomic E-state index is 5.86. The zero-order chi connectivity index (χ0) is 13.5. The fourth-order valence-corrected chi connectivity index (χ4v) is 2.01. The monoisotopic (exact) mass is 251 g/mol. The van der Waals surface area contributed by atoms with Gasteiger partial charge >= 0.3 is 0 Å². The third kappa shape index (κ3) is 3.65. The Morgan fingerprint density at radius 1 is 1.11 bits per heavy atom. The summed E-state index contributed by atoms with van der Waals surface area (Å²) in [6, 6.07) is 0. The molecule has 5 heteroatoms. The van der Waals surface area contributed by atoms with Gasteiger partial charge in [0.2, 0.25) is 0 Å². The molecule has 0 spiro atoms. The first-order valence-electron chi connectivity index (χ1n) is 6.59. The van der Waals surface area contributed by atoms with E-state index in [1.165, 1.54) is 5.56 Å². The van der Waals surface area contributed by atoms with Crippen molar-refractivity contribution in [2.75, 3.05) is 32.5 Å². The zero-order valence-electron chi connectivity index (χ0n) is 12.0. The lowest BCUT2D eigenvalue weighted by Crippen LogP contribution is -2.23. The number of rotatable bonds is 7. The van der Waals surface area contributed by atoms with Gasteiger partial charge in [0.15, 0.2) is 5.82 Å². The molecule has 0 saturated heterocycles. The Kier molecular flexibility index (Phi) is 6.01. The number of likely N-dealkylation sites (N-methyl/N-ethyl adjacent to an activating group) is 1. The summed E-state index contributed by atoms with van der Waals surface area (Å²) >= 11 is 0.